The first-order valence-corrected chi connectivity index (χ1v) is 7.73. The molecule has 112 valence electrons. The van der Waals surface area contributed by atoms with Gasteiger partial charge in [-0.05, 0) is 35.4 Å². The van der Waals surface area contributed by atoms with E-state index in [0.29, 0.717) is 5.56 Å². The second-order valence-electron chi connectivity index (χ2n) is 4.57. The first-order chi connectivity index (χ1) is 9.95. The van der Waals surface area contributed by atoms with Crippen molar-refractivity contribution in [3.8, 4) is 0 Å². The molecule has 0 aliphatic rings. The van der Waals surface area contributed by atoms with Gasteiger partial charge in [-0.15, -0.1) is 0 Å². The maximum atomic E-state index is 13.4. The molecule has 0 radical (unpaired) electrons. The van der Waals surface area contributed by atoms with Crippen LogP contribution in [-0.2, 0) is 23.1 Å². The molecule has 1 aromatic heterocycles. The normalized spacial score (nSPS) is 11.8. The number of nitrogens with zero attached hydrogens (tertiary/aromatic N) is 2. The first kappa shape index (κ1) is 15.6. The Balaban J connectivity index is 2.35. The van der Waals surface area contributed by atoms with Crippen molar-refractivity contribution in [2.24, 2.45) is 5.73 Å². The van der Waals surface area contributed by atoms with E-state index in [2.05, 4.69) is 4.98 Å². The molecule has 2 rings (SSSR count). The monoisotopic (exact) mass is 309 g/mol. The molecule has 0 saturated carbocycles. The predicted octanol–water partition coefficient (Wildman–Crippen LogP) is 1.50. The van der Waals surface area contributed by atoms with Crippen LogP contribution in [0.25, 0.3) is 0 Å². The maximum Gasteiger partial charge on any atom is 0.243 e. The van der Waals surface area contributed by atoms with Crippen LogP contribution in [0.1, 0.15) is 11.1 Å². The molecule has 0 fully saturated rings. The van der Waals surface area contributed by atoms with Crippen molar-refractivity contribution in [3.63, 3.8) is 0 Å². The summed E-state index contributed by atoms with van der Waals surface area (Å²) in [5.41, 5.74) is 6.72. The summed E-state index contributed by atoms with van der Waals surface area (Å²) in [6, 6.07) is 7.04. The number of benzene rings is 1. The van der Waals surface area contributed by atoms with Crippen LogP contribution in [-0.4, -0.2) is 24.8 Å². The molecule has 0 unspecified atom stereocenters. The largest absolute Gasteiger partial charge is 0.326 e. The number of halogens is 1. The molecule has 0 aliphatic carbocycles. The molecular formula is C14H16FN3O2S. The van der Waals surface area contributed by atoms with E-state index in [-0.39, 0.29) is 18.0 Å². The van der Waals surface area contributed by atoms with E-state index < -0.39 is 15.8 Å². The zero-order chi connectivity index (χ0) is 15.5. The highest BCUT2D eigenvalue weighted by molar-refractivity contribution is 7.89. The third-order valence-electron chi connectivity index (χ3n) is 3.09. The van der Waals surface area contributed by atoms with Gasteiger partial charge >= 0.3 is 0 Å². The van der Waals surface area contributed by atoms with E-state index in [9.17, 15) is 12.8 Å². The lowest BCUT2D eigenvalue weighted by atomic mass is 10.2. The second kappa shape index (κ2) is 6.30. The summed E-state index contributed by atoms with van der Waals surface area (Å²) < 4.78 is 39.6. The summed E-state index contributed by atoms with van der Waals surface area (Å²) in [4.78, 5) is 3.78. The summed E-state index contributed by atoms with van der Waals surface area (Å²) in [5.74, 6) is -0.608. The van der Waals surface area contributed by atoms with Gasteiger partial charge in [-0.2, -0.15) is 4.31 Å². The van der Waals surface area contributed by atoms with Gasteiger partial charge in [0.25, 0.3) is 0 Å². The molecule has 1 aromatic carbocycles. The van der Waals surface area contributed by atoms with Crippen LogP contribution in [0.4, 0.5) is 4.39 Å². The number of pyridine rings is 1. The summed E-state index contributed by atoms with van der Waals surface area (Å²) in [7, 11) is -2.36. The summed E-state index contributed by atoms with van der Waals surface area (Å²) in [6.45, 7) is 0.198. The van der Waals surface area contributed by atoms with Gasteiger partial charge in [0, 0.05) is 32.5 Å². The van der Waals surface area contributed by atoms with Gasteiger partial charge in [-0.25, -0.2) is 12.8 Å². The van der Waals surface area contributed by atoms with Crippen LogP contribution >= 0.6 is 0 Å². The Labute approximate surface area is 123 Å². The van der Waals surface area contributed by atoms with Crippen molar-refractivity contribution in [2.75, 3.05) is 7.05 Å². The Morgan fingerprint density at radius 1 is 1.24 bits per heavy atom. The maximum absolute atomic E-state index is 13.4. The highest BCUT2D eigenvalue weighted by Crippen LogP contribution is 2.21. The lowest BCUT2D eigenvalue weighted by molar-refractivity contribution is 0.465. The molecule has 7 heteroatoms. The van der Waals surface area contributed by atoms with Crippen molar-refractivity contribution < 1.29 is 12.8 Å². The van der Waals surface area contributed by atoms with Crippen LogP contribution in [0.5, 0.6) is 0 Å². The smallest absolute Gasteiger partial charge is 0.243 e. The van der Waals surface area contributed by atoms with Crippen molar-refractivity contribution in [1.29, 1.82) is 0 Å². The number of rotatable bonds is 5. The van der Waals surface area contributed by atoms with E-state index in [0.717, 1.165) is 15.9 Å². The lowest BCUT2D eigenvalue weighted by Gasteiger charge is -2.19. The van der Waals surface area contributed by atoms with Gasteiger partial charge in [-0.1, -0.05) is 6.07 Å². The highest BCUT2D eigenvalue weighted by Gasteiger charge is 2.24. The molecule has 0 atom stereocenters. The second-order valence-corrected chi connectivity index (χ2v) is 6.59. The Bertz CT molecular complexity index is 720. The number of hydrogen-bond donors (Lipinski definition) is 1. The fraction of sp³-hybridized carbons (Fsp3) is 0.214. The number of aromatic nitrogens is 1. The lowest BCUT2D eigenvalue weighted by Crippen LogP contribution is -2.28. The van der Waals surface area contributed by atoms with Gasteiger partial charge < -0.3 is 5.73 Å². The fourth-order valence-electron chi connectivity index (χ4n) is 1.94. The van der Waals surface area contributed by atoms with Crippen LogP contribution in [0.3, 0.4) is 0 Å². The third-order valence-corrected chi connectivity index (χ3v) is 4.98. The fourth-order valence-corrected chi connectivity index (χ4v) is 3.33. The van der Waals surface area contributed by atoms with E-state index in [1.165, 1.54) is 19.2 Å². The van der Waals surface area contributed by atoms with Crippen LogP contribution in [0.15, 0.2) is 47.6 Å². The molecule has 2 N–H and O–H groups in total. The molecule has 2 aromatic rings. The minimum Gasteiger partial charge on any atom is -0.326 e. The van der Waals surface area contributed by atoms with Crippen molar-refractivity contribution in [3.05, 3.63) is 59.7 Å². The predicted molar refractivity (Wildman–Crippen MR) is 77.2 cm³/mol. The minimum atomic E-state index is -3.81. The van der Waals surface area contributed by atoms with Gasteiger partial charge in [0.2, 0.25) is 10.0 Å². The number of hydrogen-bond acceptors (Lipinski definition) is 4. The number of nitrogens with two attached hydrogens (primary N) is 1. The van der Waals surface area contributed by atoms with Crippen LogP contribution in [0.2, 0.25) is 0 Å². The van der Waals surface area contributed by atoms with E-state index in [4.69, 9.17) is 5.73 Å². The Morgan fingerprint density at radius 2 is 1.90 bits per heavy atom. The van der Waals surface area contributed by atoms with Crippen LogP contribution < -0.4 is 5.73 Å². The molecular weight excluding hydrogens is 293 g/mol. The highest BCUT2D eigenvalue weighted by atomic mass is 32.2. The Morgan fingerprint density at radius 3 is 2.52 bits per heavy atom. The average molecular weight is 309 g/mol. The van der Waals surface area contributed by atoms with Crippen molar-refractivity contribution in [1.82, 2.24) is 9.29 Å². The zero-order valence-corrected chi connectivity index (χ0v) is 12.3. The molecule has 0 saturated heterocycles. The minimum absolute atomic E-state index is 0.0257. The Kier molecular flexibility index (Phi) is 4.66. The average Bonchev–Trinajstić information content (AvgIpc) is 2.48. The molecule has 0 amide bonds. The van der Waals surface area contributed by atoms with Gasteiger partial charge in [-0.3, -0.25) is 4.98 Å². The van der Waals surface area contributed by atoms with Gasteiger partial charge in [0.1, 0.15) is 5.82 Å². The Hall–Kier alpha value is -1.83. The van der Waals surface area contributed by atoms with E-state index >= 15 is 0 Å². The molecule has 0 bridgehead atoms. The standard InChI is InChI=1S/C14H16FN3O2S/c1-18(10-11-4-6-17-7-5-11)21(19,20)14-8-13(15)3-2-12(14)9-16/h2-8H,9-10,16H2,1H3. The van der Waals surface area contributed by atoms with E-state index in [1.807, 2.05) is 0 Å². The summed E-state index contributed by atoms with van der Waals surface area (Å²) in [6.07, 6.45) is 3.17. The SMILES string of the molecule is CN(Cc1ccncc1)S(=O)(=O)c1cc(F)ccc1CN. The first-order valence-electron chi connectivity index (χ1n) is 6.29. The molecule has 0 aliphatic heterocycles. The van der Waals surface area contributed by atoms with Crippen molar-refractivity contribution in [2.45, 2.75) is 18.0 Å². The van der Waals surface area contributed by atoms with Crippen LogP contribution in [0, 0.1) is 5.82 Å². The third kappa shape index (κ3) is 3.44. The quantitative estimate of drug-likeness (QED) is 0.908. The summed E-state index contributed by atoms with van der Waals surface area (Å²) >= 11 is 0. The van der Waals surface area contributed by atoms with E-state index in [1.54, 1.807) is 24.5 Å². The van der Waals surface area contributed by atoms with Gasteiger partial charge in [0.15, 0.2) is 0 Å². The topological polar surface area (TPSA) is 76.3 Å². The molecule has 0 spiro atoms. The zero-order valence-electron chi connectivity index (χ0n) is 11.5. The van der Waals surface area contributed by atoms with Gasteiger partial charge in [0.05, 0.1) is 4.90 Å². The molecule has 21 heavy (non-hydrogen) atoms. The summed E-state index contributed by atoms with van der Waals surface area (Å²) in [5, 5.41) is 0. The molecule has 1 heterocycles. The molecule has 5 nitrogen and oxygen atoms in total. The number of sulfonamides is 1. The van der Waals surface area contributed by atoms with Crippen molar-refractivity contribution >= 4 is 10.0 Å².